The van der Waals surface area contributed by atoms with Crippen LogP contribution in [0.4, 0.5) is 5.69 Å². The largest absolute Gasteiger partial charge is 0.493 e. The lowest BCUT2D eigenvalue weighted by atomic mass is 10.2. The molecule has 1 aliphatic rings. The Morgan fingerprint density at radius 3 is 2.46 bits per heavy atom. The maximum atomic E-state index is 5.57. The lowest BCUT2D eigenvalue weighted by Gasteiger charge is -2.37. The Hall–Kier alpha value is -1.26. The van der Waals surface area contributed by atoms with Crippen LogP contribution in [0.25, 0.3) is 0 Å². The monoisotopic (exact) mass is 505 g/mol. The number of anilines is 1. The number of hydrogen-bond acceptors (Lipinski definition) is 5. The van der Waals surface area contributed by atoms with Crippen molar-refractivity contribution in [1.29, 1.82) is 0 Å². The number of rotatable bonds is 8. The normalized spacial score (nSPS) is 16.8. The summed E-state index contributed by atoms with van der Waals surface area (Å²) in [6.45, 7) is 13.6. The highest BCUT2D eigenvalue weighted by molar-refractivity contribution is 14.0. The summed E-state index contributed by atoms with van der Waals surface area (Å²) in [5.41, 5.74) is 0.910. The number of likely N-dealkylation sites (N-methyl/N-ethyl adjacent to an activating group) is 1. The van der Waals surface area contributed by atoms with Gasteiger partial charge in [-0.2, -0.15) is 0 Å². The van der Waals surface area contributed by atoms with Gasteiger partial charge in [0.15, 0.2) is 17.5 Å². The first-order valence-electron chi connectivity index (χ1n) is 9.86. The SMILES string of the molecule is CCOc1ccc(NC(=NC)NCC(C)N2CCN(CC)CC2)cc1OC.I. The topological polar surface area (TPSA) is 61.4 Å². The lowest BCUT2D eigenvalue weighted by Crippen LogP contribution is -2.52. The molecule has 1 saturated heterocycles. The minimum absolute atomic E-state index is 0. The average molecular weight is 505 g/mol. The smallest absolute Gasteiger partial charge is 0.195 e. The van der Waals surface area contributed by atoms with E-state index in [2.05, 4.69) is 39.3 Å². The molecule has 0 spiro atoms. The molecule has 1 heterocycles. The van der Waals surface area contributed by atoms with Gasteiger partial charge in [-0.3, -0.25) is 9.89 Å². The fourth-order valence-corrected chi connectivity index (χ4v) is 3.23. The van der Waals surface area contributed by atoms with Crippen LogP contribution in [-0.2, 0) is 0 Å². The third-order valence-corrected chi connectivity index (χ3v) is 4.99. The van der Waals surface area contributed by atoms with Crippen molar-refractivity contribution in [3.8, 4) is 11.5 Å². The van der Waals surface area contributed by atoms with E-state index in [-0.39, 0.29) is 24.0 Å². The number of benzene rings is 1. The van der Waals surface area contributed by atoms with E-state index in [0.717, 1.165) is 56.7 Å². The number of hydrogen-bond donors (Lipinski definition) is 2. The zero-order valence-electron chi connectivity index (χ0n) is 17.8. The zero-order valence-corrected chi connectivity index (χ0v) is 20.2. The molecule has 1 aromatic carbocycles. The first-order valence-corrected chi connectivity index (χ1v) is 9.86. The Bertz CT molecular complexity index is 606. The number of aliphatic imine (C=N–C) groups is 1. The van der Waals surface area contributed by atoms with E-state index in [9.17, 15) is 0 Å². The van der Waals surface area contributed by atoms with Gasteiger partial charge in [-0.1, -0.05) is 6.92 Å². The molecule has 1 aliphatic heterocycles. The first-order chi connectivity index (χ1) is 13.1. The van der Waals surface area contributed by atoms with Crippen molar-refractivity contribution in [1.82, 2.24) is 15.1 Å². The summed E-state index contributed by atoms with van der Waals surface area (Å²) in [6, 6.07) is 6.25. The zero-order chi connectivity index (χ0) is 19.6. The van der Waals surface area contributed by atoms with E-state index >= 15 is 0 Å². The maximum absolute atomic E-state index is 5.57. The van der Waals surface area contributed by atoms with E-state index in [1.165, 1.54) is 0 Å². The third kappa shape index (κ3) is 7.29. The Morgan fingerprint density at radius 1 is 1.18 bits per heavy atom. The summed E-state index contributed by atoms with van der Waals surface area (Å²) in [7, 11) is 3.43. The molecule has 0 aliphatic carbocycles. The molecule has 1 fully saturated rings. The molecule has 160 valence electrons. The van der Waals surface area contributed by atoms with Crippen LogP contribution in [0.1, 0.15) is 20.8 Å². The summed E-state index contributed by atoms with van der Waals surface area (Å²) >= 11 is 0. The summed E-state index contributed by atoms with van der Waals surface area (Å²) < 4.78 is 11.0. The van der Waals surface area contributed by atoms with Gasteiger partial charge in [-0.25, -0.2) is 0 Å². The van der Waals surface area contributed by atoms with Gasteiger partial charge in [0, 0.05) is 57.6 Å². The van der Waals surface area contributed by atoms with Crippen LogP contribution in [0, 0.1) is 0 Å². The second kappa shape index (κ2) is 13.1. The fraction of sp³-hybridized carbons (Fsp3) is 0.650. The summed E-state index contributed by atoms with van der Waals surface area (Å²) in [6.07, 6.45) is 0. The molecule has 0 radical (unpaired) electrons. The van der Waals surface area contributed by atoms with Gasteiger partial charge in [0.05, 0.1) is 13.7 Å². The van der Waals surface area contributed by atoms with E-state index in [1.54, 1.807) is 14.2 Å². The lowest BCUT2D eigenvalue weighted by molar-refractivity contribution is 0.107. The molecule has 2 N–H and O–H groups in total. The van der Waals surface area contributed by atoms with Crippen LogP contribution < -0.4 is 20.1 Å². The molecule has 0 amide bonds. The quantitative estimate of drug-likeness (QED) is 0.322. The molecule has 1 atom stereocenters. The van der Waals surface area contributed by atoms with Crippen LogP contribution in [0.3, 0.4) is 0 Å². The molecule has 7 nitrogen and oxygen atoms in total. The predicted molar refractivity (Wildman–Crippen MR) is 128 cm³/mol. The first kappa shape index (κ1) is 24.8. The van der Waals surface area contributed by atoms with Gasteiger partial charge in [0.1, 0.15) is 0 Å². The van der Waals surface area contributed by atoms with Crippen molar-refractivity contribution in [2.45, 2.75) is 26.8 Å². The van der Waals surface area contributed by atoms with Crippen LogP contribution in [0.15, 0.2) is 23.2 Å². The number of guanidine groups is 1. The van der Waals surface area contributed by atoms with Crippen LogP contribution in [-0.4, -0.2) is 81.8 Å². The average Bonchev–Trinajstić information content (AvgIpc) is 2.71. The Balaban J connectivity index is 0.00000392. The molecule has 0 saturated carbocycles. The van der Waals surface area contributed by atoms with Gasteiger partial charge >= 0.3 is 0 Å². The Kier molecular flexibility index (Phi) is 11.6. The van der Waals surface area contributed by atoms with Gasteiger partial charge in [0.2, 0.25) is 0 Å². The highest BCUT2D eigenvalue weighted by Gasteiger charge is 2.20. The highest BCUT2D eigenvalue weighted by atomic mass is 127. The highest BCUT2D eigenvalue weighted by Crippen LogP contribution is 2.30. The van der Waals surface area contributed by atoms with Crippen molar-refractivity contribution in [2.75, 3.05) is 65.3 Å². The van der Waals surface area contributed by atoms with Crippen molar-refractivity contribution >= 4 is 35.6 Å². The second-order valence-corrected chi connectivity index (χ2v) is 6.70. The van der Waals surface area contributed by atoms with Crippen molar-refractivity contribution < 1.29 is 9.47 Å². The molecule has 1 unspecified atom stereocenters. The summed E-state index contributed by atoms with van der Waals surface area (Å²) in [5.74, 6) is 2.20. The number of methoxy groups -OCH3 is 1. The number of nitrogens with zero attached hydrogens (tertiary/aromatic N) is 3. The molecule has 0 aromatic heterocycles. The van der Waals surface area contributed by atoms with Crippen molar-refractivity contribution in [2.24, 2.45) is 4.99 Å². The van der Waals surface area contributed by atoms with E-state index in [1.807, 2.05) is 25.1 Å². The van der Waals surface area contributed by atoms with E-state index in [4.69, 9.17) is 9.47 Å². The van der Waals surface area contributed by atoms with E-state index in [0.29, 0.717) is 18.4 Å². The molecular weight excluding hydrogens is 469 g/mol. The minimum Gasteiger partial charge on any atom is -0.493 e. The number of piperazine rings is 1. The van der Waals surface area contributed by atoms with Gasteiger partial charge in [-0.05, 0) is 32.5 Å². The molecule has 28 heavy (non-hydrogen) atoms. The van der Waals surface area contributed by atoms with Crippen molar-refractivity contribution in [3.63, 3.8) is 0 Å². The molecule has 8 heteroatoms. The summed E-state index contributed by atoms with van der Waals surface area (Å²) in [4.78, 5) is 9.37. The number of nitrogens with one attached hydrogen (secondary N) is 2. The summed E-state index contributed by atoms with van der Waals surface area (Å²) in [5, 5.41) is 6.75. The van der Waals surface area contributed by atoms with Crippen LogP contribution >= 0.6 is 24.0 Å². The Morgan fingerprint density at radius 2 is 1.89 bits per heavy atom. The second-order valence-electron chi connectivity index (χ2n) is 6.70. The molecule has 0 bridgehead atoms. The van der Waals surface area contributed by atoms with Gasteiger partial charge in [0.25, 0.3) is 0 Å². The van der Waals surface area contributed by atoms with Crippen molar-refractivity contribution in [3.05, 3.63) is 18.2 Å². The molecular formula is C20H36IN5O2. The van der Waals surface area contributed by atoms with E-state index < -0.39 is 0 Å². The molecule has 2 rings (SSSR count). The standard InChI is InChI=1S/C20H35N5O2.HI/c1-6-24-10-12-25(13-11-24)16(3)15-22-20(21-4)23-17-8-9-18(27-7-2)19(14-17)26-5;/h8-9,14,16H,6-7,10-13,15H2,1-5H3,(H2,21,22,23);1H. The number of halogens is 1. The maximum Gasteiger partial charge on any atom is 0.195 e. The van der Waals surface area contributed by atoms with Gasteiger partial charge < -0.3 is 25.0 Å². The van der Waals surface area contributed by atoms with Crippen LogP contribution in [0.2, 0.25) is 0 Å². The van der Waals surface area contributed by atoms with Crippen LogP contribution in [0.5, 0.6) is 11.5 Å². The Labute approximate surface area is 186 Å². The minimum atomic E-state index is 0. The number of ether oxygens (including phenoxy) is 2. The molecule has 1 aromatic rings. The van der Waals surface area contributed by atoms with Gasteiger partial charge in [-0.15, -0.1) is 24.0 Å². The third-order valence-electron chi connectivity index (χ3n) is 4.99. The fourth-order valence-electron chi connectivity index (χ4n) is 3.23. The predicted octanol–water partition coefficient (Wildman–Crippen LogP) is 2.73.